The largest absolute Gasteiger partial charge is 0.376 e. The van der Waals surface area contributed by atoms with E-state index in [1.807, 2.05) is 30.3 Å². The van der Waals surface area contributed by atoms with Crippen LogP contribution in [-0.4, -0.2) is 48.4 Å². The van der Waals surface area contributed by atoms with E-state index < -0.39 is 0 Å². The van der Waals surface area contributed by atoms with E-state index in [-0.39, 0.29) is 60.9 Å². The summed E-state index contributed by atoms with van der Waals surface area (Å²) in [6, 6.07) is 13.7. The van der Waals surface area contributed by atoms with E-state index in [1.165, 1.54) is 17.0 Å². The summed E-state index contributed by atoms with van der Waals surface area (Å²) in [4.78, 5) is 39.0. The standard InChI is InChI=1S/C22H23N3O4.ClH/c23-19(14-5-2-1-3-6-14)12-24-20(26)15-8-9-17-18(11-15)22(28)25(21(17)27)13-16-7-4-10-29-16;/h1-3,5-6,8-9,11,16,19H,4,7,10,12-13,23H2,(H,24,26);1H. The number of carbonyl (C=O) groups is 3. The summed E-state index contributed by atoms with van der Waals surface area (Å²) in [5.74, 6) is -1.05. The maximum Gasteiger partial charge on any atom is 0.261 e. The van der Waals surface area contributed by atoms with E-state index in [1.54, 1.807) is 6.07 Å². The molecule has 2 atom stereocenters. The molecular formula is C22H24ClN3O4. The molecule has 7 nitrogen and oxygen atoms in total. The molecule has 0 aromatic heterocycles. The van der Waals surface area contributed by atoms with Crippen LogP contribution in [0.4, 0.5) is 0 Å². The van der Waals surface area contributed by atoms with Crippen molar-refractivity contribution in [2.24, 2.45) is 5.73 Å². The predicted octanol–water partition coefficient (Wildman–Crippen LogP) is 2.31. The second kappa shape index (κ2) is 9.38. The van der Waals surface area contributed by atoms with Gasteiger partial charge in [0.1, 0.15) is 0 Å². The van der Waals surface area contributed by atoms with Crippen LogP contribution in [0.2, 0.25) is 0 Å². The zero-order valence-corrected chi connectivity index (χ0v) is 17.2. The number of hydrogen-bond acceptors (Lipinski definition) is 5. The third kappa shape index (κ3) is 4.38. The Morgan fingerprint density at radius 3 is 2.57 bits per heavy atom. The van der Waals surface area contributed by atoms with Crippen molar-refractivity contribution < 1.29 is 19.1 Å². The van der Waals surface area contributed by atoms with Crippen molar-refractivity contribution in [1.29, 1.82) is 0 Å². The van der Waals surface area contributed by atoms with Crippen LogP contribution in [0.5, 0.6) is 0 Å². The van der Waals surface area contributed by atoms with Gasteiger partial charge in [0, 0.05) is 24.8 Å². The monoisotopic (exact) mass is 429 g/mol. The highest BCUT2D eigenvalue weighted by atomic mass is 35.5. The van der Waals surface area contributed by atoms with Gasteiger partial charge in [-0.15, -0.1) is 12.4 Å². The number of nitrogens with two attached hydrogens (primary N) is 1. The summed E-state index contributed by atoms with van der Waals surface area (Å²) in [5, 5.41) is 2.79. The van der Waals surface area contributed by atoms with Gasteiger partial charge in [-0.05, 0) is 36.6 Å². The lowest BCUT2D eigenvalue weighted by Gasteiger charge is -2.17. The van der Waals surface area contributed by atoms with Crippen LogP contribution in [0.25, 0.3) is 0 Å². The third-order valence-corrected chi connectivity index (χ3v) is 5.35. The number of carbonyl (C=O) groups excluding carboxylic acids is 3. The van der Waals surface area contributed by atoms with Crippen molar-refractivity contribution in [3.05, 3.63) is 70.8 Å². The summed E-state index contributed by atoms with van der Waals surface area (Å²) in [6.45, 7) is 1.17. The van der Waals surface area contributed by atoms with Crippen molar-refractivity contribution in [3.8, 4) is 0 Å². The summed E-state index contributed by atoms with van der Waals surface area (Å²) < 4.78 is 5.54. The zero-order chi connectivity index (χ0) is 20.4. The molecule has 0 aliphatic carbocycles. The Kier molecular flexibility index (Phi) is 6.87. The van der Waals surface area contributed by atoms with Crippen molar-refractivity contribution >= 4 is 30.1 Å². The average Bonchev–Trinajstić information content (AvgIpc) is 3.35. The quantitative estimate of drug-likeness (QED) is 0.686. The molecule has 0 bridgehead atoms. The van der Waals surface area contributed by atoms with Gasteiger partial charge in [-0.25, -0.2) is 0 Å². The molecule has 0 saturated carbocycles. The fraction of sp³-hybridized carbons (Fsp3) is 0.318. The Bertz CT molecular complexity index is 945. The SMILES string of the molecule is Cl.NC(CNC(=O)c1ccc2c(c1)C(=O)N(CC1CCCO1)C2=O)c1ccccc1. The molecule has 1 saturated heterocycles. The normalized spacial score (nSPS) is 18.7. The Morgan fingerprint density at radius 2 is 1.87 bits per heavy atom. The number of hydrogen-bond donors (Lipinski definition) is 2. The minimum atomic E-state index is -0.379. The molecule has 4 rings (SSSR count). The van der Waals surface area contributed by atoms with Crippen molar-refractivity contribution in [3.63, 3.8) is 0 Å². The molecule has 2 heterocycles. The Morgan fingerprint density at radius 1 is 1.13 bits per heavy atom. The van der Waals surface area contributed by atoms with Gasteiger partial charge in [0.25, 0.3) is 17.7 Å². The van der Waals surface area contributed by atoms with E-state index >= 15 is 0 Å². The lowest BCUT2D eigenvalue weighted by Crippen LogP contribution is -2.36. The number of benzene rings is 2. The second-order valence-electron chi connectivity index (χ2n) is 7.34. The van der Waals surface area contributed by atoms with Crippen LogP contribution < -0.4 is 11.1 Å². The molecule has 0 spiro atoms. The van der Waals surface area contributed by atoms with Gasteiger partial charge in [-0.3, -0.25) is 19.3 Å². The minimum Gasteiger partial charge on any atom is -0.376 e. The number of amides is 3. The molecule has 3 amide bonds. The molecule has 1 fully saturated rings. The molecule has 0 radical (unpaired) electrons. The first kappa shape index (κ1) is 22.0. The van der Waals surface area contributed by atoms with E-state index in [2.05, 4.69) is 5.32 Å². The Balaban J connectivity index is 0.00000256. The smallest absolute Gasteiger partial charge is 0.261 e. The van der Waals surface area contributed by atoms with E-state index in [9.17, 15) is 14.4 Å². The zero-order valence-electron chi connectivity index (χ0n) is 16.4. The molecule has 158 valence electrons. The fourth-order valence-corrected chi connectivity index (χ4v) is 3.71. The number of halogens is 1. The number of nitrogens with zero attached hydrogens (tertiary/aromatic N) is 1. The van der Waals surface area contributed by atoms with Crippen molar-refractivity contribution in [2.45, 2.75) is 25.0 Å². The van der Waals surface area contributed by atoms with Gasteiger partial charge in [-0.2, -0.15) is 0 Å². The van der Waals surface area contributed by atoms with Gasteiger partial charge < -0.3 is 15.8 Å². The molecule has 2 aliphatic heterocycles. The first-order valence-electron chi connectivity index (χ1n) is 9.75. The molecule has 3 N–H and O–H groups in total. The van der Waals surface area contributed by atoms with E-state index in [0.717, 1.165) is 18.4 Å². The van der Waals surface area contributed by atoms with Crippen LogP contribution in [0.1, 0.15) is 55.5 Å². The highest BCUT2D eigenvalue weighted by Gasteiger charge is 2.37. The fourth-order valence-electron chi connectivity index (χ4n) is 3.71. The number of rotatable bonds is 6. The predicted molar refractivity (Wildman–Crippen MR) is 114 cm³/mol. The van der Waals surface area contributed by atoms with Crippen LogP contribution in [0, 0.1) is 0 Å². The topological polar surface area (TPSA) is 102 Å². The van der Waals surface area contributed by atoms with Crippen molar-refractivity contribution in [1.82, 2.24) is 10.2 Å². The van der Waals surface area contributed by atoms with Gasteiger partial charge in [0.05, 0.1) is 23.8 Å². The number of nitrogens with one attached hydrogen (secondary N) is 1. The maximum absolute atomic E-state index is 12.7. The second-order valence-corrected chi connectivity index (χ2v) is 7.34. The average molecular weight is 430 g/mol. The van der Waals surface area contributed by atoms with E-state index in [0.29, 0.717) is 17.7 Å². The first-order valence-corrected chi connectivity index (χ1v) is 9.75. The van der Waals surface area contributed by atoms with Crippen LogP contribution in [0.3, 0.4) is 0 Å². The maximum atomic E-state index is 12.7. The van der Waals surface area contributed by atoms with Gasteiger partial charge in [0.15, 0.2) is 0 Å². The number of ether oxygens (including phenoxy) is 1. The lowest BCUT2D eigenvalue weighted by molar-refractivity contribution is 0.0475. The number of imide groups is 1. The first-order chi connectivity index (χ1) is 14.0. The molecule has 30 heavy (non-hydrogen) atoms. The third-order valence-electron chi connectivity index (χ3n) is 5.35. The van der Waals surface area contributed by atoms with Gasteiger partial charge in [-0.1, -0.05) is 30.3 Å². The summed E-state index contributed by atoms with van der Waals surface area (Å²) in [7, 11) is 0. The van der Waals surface area contributed by atoms with Gasteiger partial charge >= 0.3 is 0 Å². The molecular weight excluding hydrogens is 406 g/mol. The van der Waals surface area contributed by atoms with Gasteiger partial charge in [0.2, 0.25) is 0 Å². The summed E-state index contributed by atoms with van der Waals surface area (Å²) in [5.41, 5.74) is 7.94. The van der Waals surface area contributed by atoms with Crippen LogP contribution >= 0.6 is 12.4 Å². The molecule has 2 aromatic rings. The van der Waals surface area contributed by atoms with Crippen molar-refractivity contribution in [2.75, 3.05) is 19.7 Å². The highest BCUT2D eigenvalue weighted by molar-refractivity contribution is 6.22. The van der Waals surface area contributed by atoms with Crippen LogP contribution in [-0.2, 0) is 4.74 Å². The molecule has 8 heteroatoms. The lowest BCUT2D eigenvalue weighted by atomic mass is 10.0. The number of fused-ring (bicyclic) bond motifs is 1. The Hall–Kier alpha value is -2.74. The summed E-state index contributed by atoms with van der Waals surface area (Å²) in [6.07, 6.45) is 1.66. The van der Waals surface area contributed by atoms with Crippen LogP contribution in [0.15, 0.2) is 48.5 Å². The summed E-state index contributed by atoms with van der Waals surface area (Å²) >= 11 is 0. The molecule has 2 unspecified atom stereocenters. The minimum absolute atomic E-state index is 0. The molecule has 2 aliphatic rings. The molecule has 2 aromatic carbocycles. The van der Waals surface area contributed by atoms with E-state index in [4.69, 9.17) is 10.5 Å². The Labute approximate surface area is 181 Å². The highest BCUT2D eigenvalue weighted by Crippen LogP contribution is 2.26.